The number of fused-ring (bicyclic) bond motifs is 1. The molecule has 1 aliphatic carbocycles. The first-order chi connectivity index (χ1) is 11.8. The molecule has 1 atom stereocenters. The highest BCUT2D eigenvalue weighted by Gasteiger charge is 2.35. The van der Waals surface area contributed by atoms with Crippen molar-refractivity contribution in [3.8, 4) is 0 Å². The molecule has 1 fully saturated rings. The van der Waals surface area contributed by atoms with E-state index in [9.17, 15) is 4.79 Å². The van der Waals surface area contributed by atoms with Gasteiger partial charge in [0.15, 0.2) is 0 Å². The predicted molar refractivity (Wildman–Crippen MR) is 88.8 cm³/mol. The van der Waals surface area contributed by atoms with E-state index in [1.54, 1.807) is 10.9 Å². The van der Waals surface area contributed by atoms with E-state index in [2.05, 4.69) is 15.3 Å². The molecule has 0 aromatic carbocycles. The molecule has 1 amide bonds. The maximum atomic E-state index is 12.7. The molecule has 7 nitrogen and oxygen atoms in total. The number of ether oxygens (including phenoxy) is 1. The van der Waals surface area contributed by atoms with Gasteiger partial charge in [-0.3, -0.25) is 4.79 Å². The maximum absolute atomic E-state index is 12.7. The fraction of sp³-hybridized carbons (Fsp3) is 0.625. The van der Waals surface area contributed by atoms with Crippen LogP contribution in [-0.2, 0) is 17.8 Å². The van der Waals surface area contributed by atoms with Crippen LogP contribution in [0, 0.1) is 5.92 Å². The second-order valence-electron chi connectivity index (χ2n) is 6.46. The van der Waals surface area contributed by atoms with Crippen molar-refractivity contribution in [2.75, 3.05) is 19.8 Å². The molecule has 1 saturated carbocycles. The summed E-state index contributed by atoms with van der Waals surface area (Å²) >= 11 is 1.43. The van der Waals surface area contributed by atoms with Gasteiger partial charge in [-0.25, -0.2) is 9.67 Å². The van der Waals surface area contributed by atoms with Gasteiger partial charge in [0.2, 0.25) is 0 Å². The third-order valence-electron chi connectivity index (χ3n) is 4.61. The fourth-order valence-corrected chi connectivity index (χ4v) is 3.75. The third-order valence-corrected chi connectivity index (χ3v) is 5.19. The predicted octanol–water partition coefficient (Wildman–Crippen LogP) is 1.92. The Kier molecular flexibility index (Phi) is 4.32. The van der Waals surface area contributed by atoms with Crippen molar-refractivity contribution in [3.05, 3.63) is 28.0 Å². The van der Waals surface area contributed by atoms with Crippen molar-refractivity contribution in [1.82, 2.24) is 24.9 Å². The summed E-state index contributed by atoms with van der Waals surface area (Å²) < 4.78 is 7.72. The molecule has 128 valence electrons. The average molecular weight is 347 g/mol. The normalized spacial score (nSPS) is 20.2. The Morgan fingerprint density at radius 3 is 3.04 bits per heavy atom. The van der Waals surface area contributed by atoms with E-state index in [4.69, 9.17) is 4.74 Å². The molecule has 2 aliphatic rings. The molecule has 0 unspecified atom stereocenters. The smallest absolute Gasteiger partial charge is 0.273 e. The standard InChI is InChI=1S/C16H21N5O2S/c1-2-23-8-12-6-20(16(22)14-9-24-10-17-14)7-13-15(12)21(19-18-13)5-11-3-4-11/h9-12H,2-8H2,1H3/t12-/m0/s1. The molecule has 4 rings (SSSR count). The number of nitrogens with zero attached hydrogens (tertiary/aromatic N) is 5. The largest absolute Gasteiger partial charge is 0.381 e. The first kappa shape index (κ1) is 15.7. The molecule has 0 spiro atoms. The summed E-state index contributed by atoms with van der Waals surface area (Å²) in [5.74, 6) is 0.809. The van der Waals surface area contributed by atoms with Gasteiger partial charge in [0.1, 0.15) is 11.4 Å². The first-order valence-corrected chi connectivity index (χ1v) is 9.38. The van der Waals surface area contributed by atoms with E-state index in [0.29, 0.717) is 32.0 Å². The van der Waals surface area contributed by atoms with Gasteiger partial charge in [-0.2, -0.15) is 0 Å². The first-order valence-electron chi connectivity index (χ1n) is 8.43. The molecule has 0 saturated heterocycles. The van der Waals surface area contributed by atoms with Crippen LogP contribution in [0.1, 0.15) is 47.6 Å². The molecule has 2 aromatic heterocycles. The summed E-state index contributed by atoms with van der Waals surface area (Å²) in [7, 11) is 0. The van der Waals surface area contributed by atoms with Crippen molar-refractivity contribution < 1.29 is 9.53 Å². The third kappa shape index (κ3) is 3.08. The Morgan fingerprint density at radius 2 is 2.33 bits per heavy atom. The van der Waals surface area contributed by atoms with Gasteiger partial charge in [-0.15, -0.1) is 16.4 Å². The van der Waals surface area contributed by atoms with Gasteiger partial charge < -0.3 is 9.64 Å². The SMILES string of the molecule is CCOC[C@@H]1CN(C(=O)c2cscn2)Cc2nnn(CC3CC3)c21. The van der Waals surface area contributed by atoms with Gasteiger partial charge in [0.05, 0.1) is 24.4 Å². The lowest BCUT2D eigenvalue weighted by Crippen LogP contribution is -2.40. The van der Waals surface area contributed by atoms with E-state index in [0.717, 1.165) is 23.9 Å². The molecular formula is C16H21N5O2S. The Balaban J connectivity index is 1.59. The van der Waals surface area contributed by atoms with Crippen LogP contribution in [0.2, 0.25) is 0 Å². The zero-order valence-corrected chi connectivity index (χ0v) is 14.5. The van der Waals surface area contributed by atoms with Gasteiger partial charge in [0.25, 0.3) is 5.91 Å². The number of thiazole rings is 1. The zero-order valence-electron chi connectivity index (χ0n) is 13.7. The van der Waals surface area contributed by atoms with Crippen molar-refractivity contribution in [1.29, 1.82) is 0 Å². The van der Waals surface area contributed by atoms with Crippen molar-refractivity contribution >= 4 is 17.2 Å². The maximum Gasteiger partial charge on any atom is 0.273 e. The van der Waals surface area contributed by atoms with Crippen LogP contribution in [-0.4, -0.2) is 50.5 Å². The molecule has 2 aromatic rings. The molecule has 0 radical (unpaired) electrons. The summed E-state index contributed by atoms with van der Waals surface area (Å²) in [5.41, 5.74) is 4.24. The van der Waals surface area contributed by atoms with Gasteiger partial charge in [-0.05, 0) is 25.7 Å². The fourth-order valence-electron chi connectivity index (χ4n) is 3.22. The number of carbonyl (C=O) groups is 1. The minimum absolute atomic E-state index is 0.0415. The second-order valence-corrected chi connectivity index (χ2v) is 7.18. The van der Waals surface area contributed by atoms with Crippen LogP contribution in [0.4, 0.5) is 0 Å². The molecule has 8 heteroatoms. The van der Waals surface area contributed by atoms with Gasteiger partial charge in [-0.1, -0.05) is 5.21 Å². The lowest BCUT2D eigenvalue weighted by molar-refractivity contribution is 0.0639. The van der Waals surface area contributed by atoms with Crippen LogP contribution >= 0.6 is 11.3 Å². The summed E-state index contributed by atoms with van der Waals surface area (Å²) in [6.07, 6.45) is 2.55. The highest BCUT2D eigenvalue weighted by molar-refractivity contribution is 7.07. The molecule has 0 N–H and O–H groups in total. The van der Waals surface area contributed by atoms with E-state index in [1.165, 1.54) is 24.2 Å². The van der Waals surface area contributed by atoms with Crippen LogP contribution in [0.15, 0.2) is 10.9 Å². The zero-order chi connectivity index (χ0) is 16.5. The Morgan fingerprint density at radius 1 is 1.46 bits per heavy atom. The van der Waals surface area contributed by atoms with Crippen LogP contribution in [0.5, 0.6) is 0 Å². The minimum Gasteiger partial charge on any atom is -0.381 e. The van der Waals surface area contributed by atoms with Crippen molar-refractivity contribution in [3.63, 3.8) is 0 Å². The van der Waals surface area contributed by atoms with Crippen molar-refractivity contribution in [2.45, 2.75) is 38.8 Å². The van der Waals surface area contributed by atoms with Gasteiger partial charge in [0, 0.05) is 31.0 Å². The van der Waals surface area contributed by atoms with Crippen LogP contribution in [0.25, 0.3) is 0 Å². The number of hydrogen-bond acceptors (Lipinski definition) is 6. The summed E-state index contributed by atoms with van der Waals surface area (Å²) in [5, 5.41) is 10.5. The lowest BCUT2D eigenvalue weighted by atomic mass is 9.98. The summed E-state index contributed by atoms with van der Waals surface area (Å²) in [4.78, 5) is 18.6. The van der Waals surface area contributed by atoms with Crippen LogP contribution in [0.3, 0.4) is 0 Å². The molecule has 1 aliphatic heterocycles. The van der Waals surface area contributed by atoms with Crippen molar-refractivity contribution in [2.24, 2.45) is 5.92 Å². The molecular weight excluding hydrogens is 326 g/mol. The Labute approximate surface area is 144 Å². The lowest BCUT2D eigenvalue weighted by Gasteiger charge is -2.32. The quantitative estimate of drug-likeness (QED) is 0.798. The Bertz CT molecular complexity index is 710. The summed E-state index contributed by atoms with van der Waals surface area (Å²) in [6.45, 7) is 5.30. The number of hydrogen-bond donors (Lipinski definition) is 0. The number of carbonyl (C=O) groups excluding carboxylic acids is 1. The summed E-state index contributed by atoms with van der Waals surface area (Å²) in [6, 6.07) is 0. The monoisotopic (exact) mass is 347 g/mol. The van der Waals surface area contributed by atoms with Gasteiger partial charge >= 0.3 is 0 Å². The molecule has 3 heterocycles. The highest BCUT2D eigenvalue weighted by Crippen LogP contribution is 2.34. The topological polar surface area (TPSA) is 73.1 Å². The second kappa shape index (κ2) is 6.60. The number of amides is 1. The molecule has 24 heavy (non-hydrogen) atoms. The molecule has 0 bridgehead atoms. The van der Waals surface area contributed by atoms with Crippen LogP contribution < -0.4 is 0 Å². The van der Waals surface area contributed by atoms with E-state index in [-0.39, 0.29) is 11.8 Å². The number of rotatable bonds is 6. The van der Waals surface area contributed by atoms with E-state index in [1.807, 2.05) is 16.5 Å². The average Bonchev–Trinajstić information content (AvgIpc) is 3.09. The van der Waals surface area contributed by atoms with E-state index < -0.39 is 0 Å². The Hall–Kier alpha value is -1.80. The minimum atomic E-state index is -0.0415. The highest BCUT2D eigenvalue weighted by atomic mass is 32.1. The van der Waals surface area contributed by atoms with E-state index >= 15 is 0 Å². The number of aromatic nitrogens is 4.